The van der Waals surface area contributed by atoms with Crippen LogP contribution in [0.2, 0.25) is 0 Å². The highest BCUT2D eigenvalue weighted by Crippen LogP contribution is 2.39. The first-order valence-corrected chi connectivity index (χ1v) is 3.33. The highest BCUT2D eigenvalue weighted by Gasteiger charge is 2.66. The second-order valence-corrected chi connectivity index (χ2v) is 2.48. The van der Waals surface area contributed by atoms with E-state index in [1.807, 2.05) is 0 Å². The molecule has 15 heavy (non-hydrogen) atoms. The number of hydrogen-bond donors (Lipinski definition) is 1. The molecule has 1 atom stereocenters. The van der Waals surface area contributed by atoms with Crippen molar-refractivity contribution in [1.29, 1.82) is 0 Å². The number of hydrogen-bond acceptors (Lipinski definition) is 5. The minimum atomic E-state index is -5.92. The van der Waals surface area contributed by atoms with Crippen molar-refractivity contribution in [2.45, 2.75) is 18.5 Å². The van der Waals surface area contributed by atoms with E-state index in [1.54, 1.807) is 0 Å². The van der Waals surface area contributed by atoms with Crippen LogP contribution in [0.1, 0.15) is 0 Å². The summed E-state index contributed by atoms with van der Waals surface area (Å²) in [4.78, 5) is 7.94. The molecule has 0 saturated heterocycles. The molecule has 0 bridgehead atoms. The van der Waals surface area contributed by atoms with Gasteiger partial charge in [-0.3, -0.25) is 10.1 Å². The molecule has 1 N–H and O–H groups in total. The predicted molar refractivity (Wildman–Crippen MR) is 35.3 cm³/mol. The molecule has 0 aromatic rings. The van der Waals surface area contributed by atoms with Crippen LogP contribution < -0.4 is 5.43 Å². The summed E-state index contributed by atoms with van der Waals surface area (Å²) >= 11 is 0. The standard InChI is InChI=1S/C4H3F5N4O2/c5-3(6,7)4(8,9)12-1-10-11-2(12)13(14)15/h1-2,11H. The van der Waals surface area contributed by atoms with Crippen molar-refractivity contribution in [1.82, 2.24) is 10.3 Å². The summed E-state index contributed by atoms with van der Waals surface area (Å²) in [6.07, 6.45) is -8.32. The Morgan fingerprint density at radius 2 is 1.93 bits per heavy atom. The fourth-order valence-corrected chi connectivity index (χ4v) is 0.809. The molecule has 0 amide bonds. The molecule has 6 nitrogen and oxygen atoms in total. The van der Waals surface area contributed by atoms with Gasteiger partial charge >= 0.3 is 18.5 Å². The van der Waals surface area contributed by atoms with Crippen LogP contribution in [-0.4, -0.2) is 34.7 Å². The number of nitro groups is 1. The smallest absolute Gasteiger partial charge is 0.261 e. The van der Waals surface area contributed by atoms with Gasteiger partial charge in [-0.25, -0.2) is 10.3 Å². The quantitative estimate of drug-likeness (QED) is 0.328. The molecule has 1 aliphatic heterocycles. The average Bonchev–Trinajstić information content (AvgIpc) is 2.48. The molecule has 0 radical (unpaired) electrons. The average molecular weight is 234 g/mol. The molecule has 1 aliphatic rings. The van der Waals surface area contributed by atoms with Crippen LogP contribution in [0, 0.1) is 10.1 Å². The zero-order valence-electron chi connectivity index (χ0n) is 6.70. The number of alkyl halides is 5. The van der Waals surface area contributed by atoms with Gasteiger partial charge in [-0.15, -0.1) is 0 Å². The van der Waals surface area contributed by atoms with Crippen molar-refractivity contribution < 1.29 is 26.9 Å². The van der Waals surface area contributed by atoms with E-state index in [1.165, 1.54) is 5.43 Å². The molecule has 11 heteroatoms. The van der Waals surface area contributed by atoms with Gasteiger partial charge in [0.05, 0.1) is 4.92 Å². The second kappa shape index (κ2) is 3.17. The number of nitrogens with one attached hydrogen (secondary N) is 1. The molecule has 0 aromatic carbocycles. The topological polar surface area (TPSA) is 70.8 Å². The van der Waals surface area contributed by atoms with Crippen LogP contribution in [0.4, 0.5) is 22.0 Å². The van der Waals surface area contributed by atoms with E-state index in [-0.39, 0.29) is 6.34 Å². The molecule has 1 heterocycles. The predicted octanol–water partition coefficient (Wildman–Crippen LogP) is 0.550. The van der Waals surface area contributed by atoms with Gasteiger partial charge < -0.3 is 0 Å². The second-order valence-electron chi connectivity index (χ2n) is 2.48. The number of hydrazone groups is 1. The number of rotatable bonds is 2. The zero-order chi connectivity index (χ0) is 11.9. The minimum Gasteiger partial charge on any atom is -0.261 e. The number of nitrogens with zero attached hydrogens (tertiary/aromatic N) is 3. The zero-order valence-corrected chi connectivity index (χ0v) is 6.70. The molecule has 1 unspecified atom stereocenters. The lowest BCUT2D eigenvalue weighted by atomic mass is 10.4. The third kappa shape index (κ3) is 1.76. The molecular weight excluding hydrogens is 231 g/mol. The Bertz CT molecular complexity index is 302. The van der Waals surface area contributed by atoms with Gasteiger partial charge in [0, 0.05) is 0 Å². The van der Waals surface area contributed by atoms with Gasteiger partial charge in [0.2, 0.25) is 0 Å². The fraction of sp³-hybridized carbons (Fsp3) is 0.750. The van der Waals surface area contributed by atoms with E-state index in [0.29, 0.717) is 0 Å². The Morgan fingerprint density at radius 1 is 1.40 bits per heavy atom. The molecule has 0 saturated carbocycles. The molecule has 0 aromatic heterocycles. The summed E-state index contributed by atoms with van der Waals surface area (Å²) in [5, 5.41) is 12.9. The molecule has 86 valence electrons. The van der Waals surface area contributed by atoms with Crippen LogP contribution in [0.5, 0.6) is 0 Å². The maximum absolute atomic E-state index is 12.6. The summed E-state index contributed by atoms with van der Waals surface area (Å²) in [6, 6.07) is -5.35. The van der Waals surface area contributed by atoms with E-state index in [9.17, 15) is 32.1 Å². The van der Waals surface area contributed by atoms with Gasteiger partial charge in [0.15, 0.2) is 0 Å². The molecule has 0 fully saturated rings. The summed E-state index contributed by atoms with van der Waals surface area (Å²) in [7, 11) is 0. The van der Waals surface area contributed by atoms with Crippen molar-refractivity contribution in [3.63, 3.8) is 0 Å². The van der Waals surface area contributed by atoms with Crippen molar-refractivity contribution in [2.24, 2.45) is 5.10 Å². The van der Waals surface area contributed by atoms with Crippen LogP contribution in [0.25, 0.3) is 0 Å². The van der Waals surface area contributed by atoms with Crippen LogP contribution >= 0.6 is 0 Å². The monoisotopic (exact) mass is 234 g/mol. The molecule has 0 aliphatic carbocycles. The highest BCUT2D eigenvalue weighted by atomic mass is 19.4. The fourth-order valence-electron chi connectivity index (χ4n) is 0.809. The largest absolute Gasteiger partial charge is 0.475 e. The van der Waals surface area contributed by atoms with E-state index in [2.05, 4.69) is 5.10 Å². The molecular formula is C4H3F5N4O2. The van der Waals surface area contributed by atoms with E-state index in [4.69, 9.17) is 0 Å². The summed E-state index contributed by atoms with van der Waals surface area (Å²) in [5.41, 5.74) is 1.50. The van der Waals surface area contributed by atoms with Gasteiger partial charge in [-0.1, -0.05) is 0 Å². The van der Waals surface area contributed by atoms with Crippen molar-refractivity contribution >= 4 is 6.34 Å². The van der Waals surface area contributed by atoms with Gasteiger partial charge in [-0.2, -0.15) is 27.1 Å². The summed E-state index contributed by atoms with van der Waals surface area (Å²) < 4.78 is 60.7. The van der Waals surface area contributed by atoms with Gasteiger partial charge in [0.25, 0.3) is 0 Å². The van der Waals surface area contributed by atoms with E-state index >= 15 is 0 Å². The summed E-state index contributed by atoms with van der Waals surface area (Å²) in [5.74, 6) is 0. The Labute approximate surface area is 78.5 Å². The maximum Gasteiger partial charge on any atom is 0.475 e. The normalized spacial score (nSPS) is 21.7. The van der Waals surface area contributed by atoms with Gasteiger partial charge in [-0.05, 0) is 0 Å². The van der Waals surface area contributed by atoms with E-state index in [0.717, 1.165) is 0 Å². The number of halogens is 5. The van der Waals surface area contributed by atoms with E-state index < -0.39 is 28.3 Å². The highest BCUT2D eigenvalue weighted by molar-refractivity contribution is 5.57. The van der Waals surface area contributed by atoms with Crippen molar-refractivity contribution in [3.05, 3.63) is 10.1 Å². The first kappa shape index (κ1) is 11.4. The Morgan fingerprint density at radius 3 is 2.33 bits per heavy atom. The maximum atomic E-state index is 12.6. The van der Waals surface area contributed by atoms with Crippen LogP contribution in [-0.2, 0) is 0 Å². The van der Waals surface area contributed by atoms with Crippen LogP contribution in [0.15, 0.2) is 5.10 Å². The first-order valence-electron chi connectivity index (χ1n) is 3.33. The lowest BCUT2D eigenvalue weighted by molar-refractivity contribution is -0.565. The van der Waals surface area contributed by atoms with Crippen LogP contribution in [0.3, 0.4) is 0 Å². The molecule has 1 rings (SSSR count). The molecule has 0 spiro atoms. The summed E-state index contributed by atoms with van der Waals surface area (Å²) in [6.45, 7) is 0. The lowest BCUT2D eigenvalue weighted by Crippen LogP contribution is -2.58. The SMILES string of the molecule is O=[N+]([O-])C1NN=CN1C(F)(F)C(F)(F)F. The Hall–Kier alpha value is -1.68. The third-order valence-corrected chi connectivity index (χ3v) is 1.50. The minimum absolute atomic E-state index is 0.0287. The first-order chi connectivity index (χ1) is 6.68. The Kier molecular flexibility index (Phi) is 2.41. The lowest BCUT2D eigenvalue weighted by Gasteiger charge is -2.27. The van der Waals surface area contributed by atoms with Gasteiger partial charge in [0.1, 0.15) is 6.34 Å². The van der Waals surface area contributed by atoms with Crippen molar-refractivity contribution in [3.8, 4) is 0 Å². The Balaban J connectivity index is 2.96. The van der Waals surface area contributed by atoms with Crippen molar-refractivity contribution in [2.75, 3.05) is 0 Å². The third-order valence-electron chi connectivity index (χ3n) is 1.50.